The molecule has 5 heteroatoms. The van der Waals surface area contributed by atoms with Crippen LogP contribution in [-0.2, 0) is 0 Å². The Morgan fingerprint density at radius 3 is 3.10 bits per heavy atom. The SMILES string of the molecule is CCNC(=O)c1cc(NCC2CCCC(N)C2)ccn1. The third-order valence-electron chi connectivity index (χ3n) is 3.75. The summed E-state index contributed by atoms with van der Waals surface area (Å²) in [5.41, 5.74) is 7.40. The third-order valence-corrected chi connectivity index (χ3v) is 3.75. The molecule has 2 atom stereocenters. The van der Waals surface area contributed by atoms with Crippen LogP contribution in [0.5, 0.6) is 0 Å². The van der Waals surface area contributed by atoms with Crippen molar-refractivity contribution in [2.75, 3.05) is 18.4 Å². The van der Waals surface area contributed by atoms with Gasteiger partial charge in [-0.25, -0.2) is 0 Å². The molecule has 5 nitrogen and oxygen atoms in total. The molecule has 0 spiro atoms. The average molecular weight is 276 g/mol. The number of rotatable bonds is 5. The predicted octanol–water partition coefficient (Wildman–Crippen LogP) is 1.76. The maximum atomic E-state index is 11.7. The van der Waals surface area contributed by atoms with Gasteiger partial charge in [0.05, 0.1) is 0 Å². The van der Waals surface area contributed by atoms with E-state index in [4.69, 9.17) is 5.73 Å². The third kappa shape index (κ3) is 4.20. The maximum Gasteiger partial charge on any atom is 0.269 e. The largest absolute Gasteiger partial charge is 0.385 e. The van der Waals surface area contributed by atoms with Crippen LogP contribution in [0.1, 0.15) is 43.1 Å². The molecular formula is C15H24N4O. The summed E-state index contributed by atoms with van der Waals surface area (Å²) in [6.45, 7) is 3.41. The molecule has 0 aliphatic heterocycles. The standard InChI is InChI=1S/C15H24N4O/c1-2-17-15(20)14-9-13(6-7-18-14)19-10-11-4-3-5-12(16)8-11/h6-7,9,11-12H,2-5,8,10,16H2,1H3,(H,17,20)(H,18,19). The van der Waals surface area contributed by atoms with E-state index in [1.807, 2.05) is 13.0 Å². The summed E-state index contributed by atoms with van der Waals surface area (Å²) < 4.78 is 0. The number of aromatic nitrogens is 1. The lowest BCUT2D eigenvalue weighted by molar-refractivity contribution is 0.0951. The van der Waals surface area contributed by atoms with Crippen molar-refractivity contribution >= 4 is 11.6 Å². The molecule has 1 aliphatic rings. The number of carbonyl (C=O) groups excluding carboxylic acids is 1. The van der Waals surface area contributed by atoms with E-state index in [9.17, 15) is 4.79 Å². The molecule has 1 saturated carbocycles. The first kappa shape index (κ1) is 14.8. The lowest BCUT2D eigenvalue weighted by Gasteiger charge is -2.27. The lowest BCUT2D eigenvalue weighted by atomic mass is 9.86. The quantitative estimate of drug-likeness (QED) is 0.765. The highest BCUT2D eigenvalue weighted by molar-refractivity contribution is 5.93. The van der Waals surface area contributed by atoms with Crippen LogP contribution in [0.3, 0.4) is 0 Å². The van der Waals surface area contributed by atoms with Gasteiger partial charge in [-0.3, -0.25) is 9.78 Å². The molecule has 1 fully saturated rings. The summed E-state index contributed by atoms with van der Waals surface area (Å²) in [5, 5.41) is 6.15. The molecule has 1 aromatic heterocycles. The van der Waals surface area contributed by atoms with Crippen molar-refractivity contribution in [1.29, 1.82) is 0 Å². The smallest absolute Gasteiger partial charge is 0.269 e. The van der Waals surface area contributed by atoms with Crippen molar-refractivity contribution in [2.45, 2.75) is 38.6 Å². The van der Waals surface area contributed by atoms with Crippen LogP contribution in [0.15, 0.2) is 18.3 Å². The fourth-order valence-electron chi connectivity index (χ4n) is 2.70. The van der Waals surface area contributed by atoms with Crippen molar-refractivity contribution < 1.29 is 4.79 Å². The number of nitrogens with zero attached hydrogens (tertiary/aromatic N) is 1. The van der Waals surface area contributed by atoms with Crippen LogP contribution in [0.25, 0.3) is 0 Å². The average Bonchev–Trinajstić information content (AvgIpc) is 2.46. The van der Waals surface area contributed by atoms with Crippen LogP contribution < -0.4 is 16.4 Å². The first-order valence-corrected chi connectivity index (χ1v) is 7.42. The molecule has 0 saturated heterocycles. The van der Waals surface area contributed by atoms with Gasteiger partial charge in [-0.15, -0.1) is 0 Å². The van der Waals surface area contributed by atoms with Gasteiger partial charge in [0, 0.05) is 31.0 Å². The molecule has 0 radical (unpaired) electrons. The molecule has 0 aromatic carbocycles. The second-order valence-corrected chi connectivity index (χ2v) is 5.46. The van der Waals surface area contributed by atoms with Crippen LogP contribution in [0.2, 0.25) is 0 Å². The molecule has 20 heavy (non-hydrogen) atoms. The summed E-state index contributed by atoms with van der Waals surface area (Å²) in [5.74, 6) is 0.496. The van der Waals surface area contributed by atoms with Gasteiger partial charge < -0.3 is 16.4 Å². The Balaban J connectivity index is 1.89. The molecule has 1 amide bonds. The zero-order chi connectivity index (χ0) is 14.4. The van der Waals surface area contributed by atoms with Crippen LogP contribution in [-0.4, -0.2) is 30.0 Å². The molecule has 0 bridgehead atoms. The second kappa shape index (κ2) is 7.24. The molecule has 1 aliphatic carbocycles. The Kier molecular flexibility index (Phi) is 5.35. The van der Waals surface area contributed by atoms with E-state index in [1.165, 1.54) is 12.8 Å². The highest BCUT2D eigenvalue weighted by atomic mass is 16.1. The highest BCUT2D eigenvalue weighted by Gasteiger charge is 2.18. The van der Waals surface area contributed by atoms with Crippen molar-refractivity contribution in [3.05, 3.63) is 24.0 Å². The number of nitrogens with one attached hydrogen (secondary N) is 2. The number of hydrogen-bond donors (Lipinski definition) is 3. The van der Waals surface area contributed by atoms with Gasteiger partial charge in [0.1, 0.15) is 5.69 Å². The van der Waals surface area contributed by atoms with Gasteiger partial charge in [0.25, 0.3) is 5.91 Å². The van der Waals surface area contributed by atoms with Crippen molar-refractivity contribution in [3.8, 4) is 0 Å². The monoisotopic (exact) mass is 276 g/mol. The summed E-state index contributed by atoms with van der Waals surface area (Å²) in [7, 11) is 0. The number of hydrogen-bond acceptors (Lipinski definition) is 4. The first-order chi connectivity index (χ1) is 9.69. The normalized spacial score (nSPS) is 22.3. The Morgan fingerprint density at radius 1 is 1.50 bits per heavy atom. The minimum Gasteiger partial charge on any atom is -0.385 e. The summed E-state index contributed by atoms with van der Waals surface area (Å²) in [6, 6.07) is 4.04. The number of nitrogens with two attached hydrogens (primary N) is 1. The van der Waals surface area contributed by atoms with E-state index >= 15 is 0 Å². The molecule has 1 aromatic rings. The number of amides is 1. The zero-order valence-corrected chi connectivity index (χ0v) is 12.1. The minimum absolute atomic E-state index is 0.129. The fraction of sp³-hybridized carbons (Fsp3) is 0.600. The molecule has 2 rings (SSSR count). The molecule has 2 unspecified atom stereocenters. The Hall–Kier alpha value is -1.62. The highest BCUT2D eigenvalue weighted by Crippen LogP contribution is 2.23. The molecule has 110 valence electrons. The van der Waals surface area contributed by atoms with E-state index in [-0.39, 0.29) is 5.91 Å². The van der Waals surface area contributed by atoms with Gasteiger partial charge in [0.2, 0.25) is 0 Å². The predicted molar refractivity (Wildman–Crippen MR) is 80.7 cm³/mol. The van der Waals surface area contributed by atoms with Gasteiger partial charge in [0.15, 0.2) is 0 Å². The van der Waals surface area contributed by atoms with Gasteiger partial charge in [-0.05, 0) is 44.2 Å². The summed E-state index contributed by atoms with van der Waals surface area (Å²) >= 11 is 0. The topological polar surface area (TPSA) is 80.0 Å². The van der Waals surface area contributed by atoms with Gasteiger partial charge in [-0.1, -0.05) is 6.42 Å². The van der Waals surface area contributed by atoms with Gasteiger partial charge >= 0.3 is 0 Å². The molecule has 4 N–H and O–H groups in total. The van der Waals surface area contributed by atoms with E-state index < -0.39 is 0 Å². The van der Waals surface area contributed by atoms with E-state index in [0.29, 0.717) is 24.2 Å². The van der Waals surface area contributed by atoms with E-state index in [0.717, 1.165) is 25.1 Å². The first-order valence-electron chi connectivity index (χ1n) is 7.42. The van der Waals surface area contributed by atoms with E-state index in [2.05, 4.69) is 15.6 Å². The van der Waals surface area contributed by atoms with Crippen LogP contribution in [0, 0.1) is 5.92 Å². The molecule has 1 heterocycles. The van der Waals surface area contributed by atoms with Crippen molar-refractivity contribution in [2.24, 2.45) is 11.7 Å². The Labute approximate surface area is 120 Å². The van der Waals surface area contributed by atoms with Crippen LogP contribution >= 0.6 is 0 Å². The number of carbonyl (C=O) groups is 1. The molecular weight excluding hydrogens is 252 g/mol. The second-order valence-electron chi connectivity index (χ2n) is 5.46. The number of pyridine rings is 1. The van der Waals surface area contributed by atoms with Crippen LogP contribution in [0.4, 0.5) is 5.69 Å². The lowest BCUT2D eigenvalue weighted by Crippen LogP contribution is -2.31. The Morgan fingerprint density at radius 2 is 2.35 bits per heavy atom. The zero-order valence-electron chi connectivity index (χ0n) is 12.1. The van der Waals surface area contributed by atoms with E-state index in [1.54, 1.807) is 12.3 Å². The fourth-order valence-corrected chi connectivity index (χ4v) is 2.70. The van der Waals surface area contributed by atoms with Gasteiger partial charge in [-0.2, -0.15) is 0 Å². The summed E-state index contributed by atoms with van der Waals surface area (Å²) in [4.78, 5) is 15.8. The Bertz CT molecular complexity index is 449. The minimum atomic E-state index is -0.129. The maximum absolute atomic E-state index is 11.7. The number of anilines is 1. The summed E-state index contributed by atoms with van der Waals surface area (Å²) in [6.07, 6.45) is 6.34. The van der Waals surface area contributed by atoms with Crippen molar-refractivity contribution in [3.63, 3.8) is 0 Å². The van der Waals surface area contributed by atoms with Crippen molar-refractivity contribution in [1.82, 2.24) is 10.3 Å².